The van der Waals surface area contributed by atoms with E-state index in [1.165, 1.54) is 19.3 Å². The van der Waals surface area contributed by atoms with Crippen molar-refractivity contribution in [2.24, 2.45) is 0 Å². The summed E-state index contributed by atoms with van der Waals surface area (Å²) in [5, 5.41) is 13.0. The van der Waals surface area contributed by atoms with Crippen LogP contribution in [0.4, 0.5) is 5.82 Å². The second kappa shape index (κ2) is 9.35. The normalized spacial score (nSPS) is 10.7. The molecule has 0 unspecified atom stereocenters. The Kier molecular flexibility index (Phi) is 6.62. The maximum Gasteiger partial charge on any atom is 0.149 e. The van der Waals surface area contributed by atoms with E-state index < -0.39 is 0 Å². The molecule has 3 nitrogen and oxygen atoms in total. The van der Waals surface area contributed by atoms with Gasteiger partial charge in [0.25, 0.3) is 0 Å². The summed E-state index contributed by atoms with van der Waals surface area (Å²) in [6.45, 7) is 3.14. The lowest BCUT2D eigenvalue weighted by Crippen LogP contribution is -2.05. The lowest BCUT2D eigenvalue weighted by atomic mass is 10.00. The van der Waals surface area contributed by atoms with E-state index >= 15 is 0 Å². The summed E-state index contributed by atoms with van der Waals surface area (Å²) in [5.41, 5.74) is 4.07. The van der Waals surface area contributed by atoms with E-state index in [0.29, 0.717) is 5.02 Å². The zero-order valence-electron chi connectivity index (χ0n) is 15.1. The van der Waals surface area contributed by atoms with Gasteiger partial charge in [-0.2, -0.15) is 0 Å². The van der Waals surface area contributed by atoms with E-state index in [1.807, 2.05) is 42.5 Å². The topological polar surface area (TPSA) is 37.8 Å². The molecule has 0 atom stereocenters. The molecule has 0 fully saturated rings. The molecule has 3 rings (SSSR count). The Labute approximate surface area is 160 Å². The standard InChI is InChI=1S/C22H24ClN3/c1-2-3-4-8-15-24-21-16-20(17-9-6-5-7-10-17)22(26-25-21)18-11-13-19(23)14-12-18/h5-7,9-14,16H,2-4,8,15H2,1H3,(H,24,25). The van der Waals surface area contributed by atoms with Gasteiger partial charge in [-0.15, -0.1) is 10.2 Å². The number of nitrogens with zero attached hydrogens (tertiary/aromatic N) is 2. The second-order valence-electron chi connectivity index (χ2n) is 6.35. The monoisotopic (exact) mass is 365 g/mol. The van der Waals surface area contributed by atoms with E-state index in [1.54, 1.807) is 0 Å². The van der Waals surface area contributed by atoms with Crippen LogP contribution >= 0.6 is 11.6 Å². The van der Waals surface area contributed by atoms with Gasteiger partial charge in [-0.3, -0.25) is 0 Å². The summed E-state index contributed by atoms with van der Waals surface area (Å²) in [6.07, 6.45) is 4.91. The third kappa shape index (κ3) is 4.83. The minimum Gasteiger partial charge on any atom is -0.369 e. The number of unbranched alkanes of at least 4 members (excludes halogenated alkanes) is 3. The van der Waals surface area contributed by atoms with Crippen LogP contribution in [-0.4, -0.2) is 16.7 Å². The number of halogens is 1. The maximum absolute atomic E-state index is 6.03. The van der Waals surface area contributed by atoms with Crippen LogP contribution in [0.3, 0.4) is 0 Å². The molecule has 134 valence electrons. The lowest BCUT2D eigenvalue weighted by molar-refractivity contribution is 0.684. The average Bonchev–Trinajstić information content (AvgIpc) is 2.69. The number of hydrogen-bond donors (Lipinski definition) is 1. The van der Waals surface area contributed by atoms with Crippen molar-refractivity contribution in [3.8, 4) is 22.4 Å². The summed E-state index contributed by atoms with van der Waals surface area (Å²) in [7, 11) is 0. The van der Waals surface area contributed by atoms with Crippen molar-refractivity contribution in [1.29, 1.82) is 0 Å². The maximum atomic E-state index is 6.03. The van der Waals surface area contributed by atoms with E-state index in [2.05, 4.69) is 40.6 Å². The Morgan fingerprint density at radius 3 is 2.35 bits per heavy atom. The molecule has 0 aliphatic rings. The van der Waals surface area contributed by atoms with Crippen molar-refractivity contribution in [2.45, 2.75) is 32.6 Å². The number of nitrogens with one attached hydrogen (secondary N) is 1. The zero-order chi connectivity index (χ0) is 18.2. The van der Waals surface area contributed by atoms with Gasteiger partial charge in [-0.25, -0.2) is 0 Å². The van der Waals surface area contributed by atoms with Gasteiger partial charge in [0.15, 0.2) is 0 Å². The van der Waals surface area contributed by atoms with Crippen LogP contribution in [0.2, 0.25) is 5.02 Å². The molecule has 26 heavy (non-hydrogen) atoms. The predicted molar refractivity (Wildman–Crippen MR) is 111 cm³/mol. The van der Waals surface area contributed by atoms with Crippen LogP contribution in [-0.2, 0) is 0 Å². The molecule has 3 aromatic rings. The number of benzene rings is 2. The number of aromatic nitrogens is 2. The van der Waals surface area contributed by atoms with Crippen molar-refractivity contribution >= 4 is 17.4 Å². The lowest BCUT2D eigenvalue weighted by Gasteiger charge is -2.12. The SMILES string of the molecule is CCCCCCNc1cc(-c2ccccc2)c(-c2ccc(Cl)cc2)nn1. The van der Waals surface area contributed by atoms with Gasteiger partial charge in [0.2, 0.25) is 0 Å². The van der Waals surface area contributed by atoms with E-state index in [0.717, 1.165) is 41.2 Å². The van der Waals surface area contributed by atoms with Crippen LogP contribution in [0, 0.1) is 0 Å². The molecule has 0 aliphatic heterocycles. The van der Waals surface area contributed by atoms with E-state index in [9.17, 15) is 0 Å². The van der Waals surface area contributed by atoms with Crippen molar-refractivity contribution in [3.63, 3.8) is 0 Å². The Bertz CT molecular complexity index is 817. The molecule has 0 spiro atoms. The van der Waals surface area contributed by atoms with E-state index in [-0.39, 0.29) is 0 Å². The van der Waals surface area contributed by atoms with Crippen molar-refractivity contribution in [2.75, 3.05) is 11.9 Å². The first-order chi connectivity index (χ1) is 12.8. The Morgan fingerprint density at radius 2 is 1.62 bits per heavy atom. The third-order valence-electron chi connectivity index (χ3n) is 4.33. The van der Waals surface area contributed by atoms with Gasteiger partial charge < -0.3 is 5.32 Å². The highest BCUT2D eigenvalue weighted by atomic mass is 35.5. The molecule has 1 aromatic heterocycles. The van der Waals surface area contributed by atoms with Crippen LogP contribution < -0.4 is 5.32 Å². The summed E-state index contributed by atoms with van der Waals surface area (Å²) in [5.74, 6) is 0.818. The molecule has 0 saturated heterocycles. The smallest absolute Gasteiger partial charge is 0.149 e. The molecule has 0 bridgehead atoms. The molecule has 0 saturated carbocycles. The number of anilines is 1. The Hall–Kier alpha value is -2.39. The largest absolute Gasteiger partial charge is 0.369 e. The van der Waals surface area contributed by atoms with Crippen molar-refractivity contribution in [3.05, 3.63) is 65.7 Å². The minimum atomic E-state index is 0.716. The number of hydrogen-bond acceptors (Lipinski definition) is 3. The fraction of sp³-hybridized carbons (Fsp3) is 0.273. The van der Waals surface area contributed by atoms with Crippen LogP contribution in [0.15, 0.2) is 60.7 Å². The van der Waals surface area contributed by atoms with Crippen molar-refractivity contribution < 1.29 is 0 Å². The summed E-state index contributed by atoms with van der Waals surface area (Å²) in [6, 6.07) is 20.1. The second-order valence-corrected chi connectivity index (χ2v) is 6.79. The first-order valence-corrected chi connectivity index (χ1v) is 9.58. The molecule has 0 radical (unpaired) electrons. The summed E-state index contributed by atoms with van der Waals surface area (Å²) in [4.78, 5) is 0. The van der Waals surface area contributed by atoms with Gasteiger partial charge >= 0.3 is 0 Å². The quantitative estimate of drug-likeness (QED) is 0.465. The minimum absolute atomic E-state index is 0.716. The fourth-order valence-electron chi connectivity index (χ4n) is 2.91. The van der Waals surface area contributed by atoms with Gasteiger partial charge in [-0.1, -0.05) is 80.3 Å². The first-order valence-electron chi connectivity index (χ1n) is 9.21. The van der Waals surface area contributed by atoms with Crippen LogP contribution in [0.25, 0.3) is 22.4 Å². The van der Waals surface area contributed by atoms with Crippen LogP contribution in [0.5, 0.6) is 0 Å². The van der Waals surface area contributed by atoms with Crippen LogP contribution in [0.1, 0.15) is 32.6 Å². The summed E-state index contributed by atoms with van der Waals surface area (Å²) < 4.78 is 0. The molecule has 1 heterocycles. The fourth-order valence-corrected chi connectivity index (χ4v) is 3.03. The van der Waals surface area contributed by atoms with Crippen molar-refractivity contribution in [1.82, 2.24) is 10.2 Å². The third-order valence-corrected chi connectivity index (χ3v) is 4.58. The van der Waals surface area contributed by atoms with Gasteiger partial charge in [0.05, 0.1) is 0 Å². The summed E-state index contributed by atoms with van der Waals surface area (Å²) >= 11 is 6.03. The molecule has 0 amide bonds. The highest BCUT2D eigenvalue weighted by molar-refractivity contribution is 6.30. The molecular weight excluding hydrogens is 342 g/mol. The van der Waals surface area contributed by atoms with E-state index in [4.69, 9.17) is 11.6 Å². The highest BCUT2D eigenvalue weighted by Gasteiger charge is 2.11. The highest BCUT2D eigenvalue weighted by Crippen LogP contribution is 2.31. The molecule has 2 aromatic carbocycles. The molecule has 0 aliphatic carbocycles. The molecule has 1 N–H and O–H groups in total. The Balaban J connectivity index is 1.88. The van der Waals surface area contributed by atoms with Gasteiger partial charge in [0, 0.05) is 22.7 Å². The zero-order valence-corrected chi connectivity index (χ0v) is 15.8. The average molecular weight is 366 g/mol. The first kappa shape index (κ1) is 18.4. The number of rotatable bonds is 8. The van der Waals surface area contributed by atoms with Gasteiger partial charge in [-0.05, 0) is 30.2 Å². The molecular formula is C22H24ClN3. The van der Waals surface area contributed by atoms with Gasteiger partial charge in [0.1, 0.15) is 11.5 Å². The Morgan fingerprint density at radius 1 is 0.846 bits per heavy atom. The molecule has 4 heteroatoms. The predicted octanol–water partition coefficient (Wildman–Crippen LogP) is 6.46.